The minimum Gasteiger partial charge on any atom is -0.368 e. The number of aryl methyl sites for hydroxylation is 1. The maximum absolute atomic E-state index is 14.2. The molecule has 0 aliphatic carbocycles. The first-order valence-electron chi connectivity index (χ1n) is 30.4. The molecular weight excluding hydrogens is 1110 g/mol. The summed E-state index contributed by atoms with van der Waals surface area (Å²) in [6.45, 7) is 8.04. The van der Waals surface area contributed by atoms with Crippen molar-refractivity contribution in [2.45, 2.75) is 172 Å². The van der Waals surface area contributed by atoms with E-state index in [4.69, 9.17) is 28.7 Å². The number of primary amides is 1. The van der Waals surface area contributed by atoms with Crippen molar-refractivity contribution < 1.29 is 43.2 Å². The van der Waals surface area contributed by atoms with Crippen molar-refractivity contribution in [2.24, 2.45) is 40.5 Å². The van der Waals surface area contributed by atoms with E-state index in [1.54, 1.807) is 12.1 Å². The molecule has 4 rings (SSSR count). The minimum atomic E-state index is -1.19. The van der Waals surface area contributed by atoms with Gasteiger partial charge in [-0.1, -0.05) is 149 Å². The highest BCUT2D eigenvalue weighted by Gasteiger charge is 2.34. The highest BCUT2D eigenvalue weighted by molar-refractivity contribution is 5.97. The van der Waals surface area contributed by atoms with Crippen molar-refractivity contribution in [3.63, 3.8) is 0 Å². The molecule has 0 bridgehead atoms. The van der Waals surface area contributed by atoms with Crippen molar-refractivity contribution >= 4 is 53.2 Å². The van der Waals surface area contributed by atoms with Crippen molar-refractivity contribution in [1.82, 2.24) is 42.5 Å². The average Bonchev–Trinajstić information content (AvgIpc) is 3.53. The lowest BCUT2D eigenvalue weighted by Gasteiger charge is -2.27. The Morgan fingerprint density at radius 2 is 0.678 bits per heavy atom. The first-order chi connectivity index (χ1) is 41.7. The molecule has 22 nitrogen and oxygen atoms in total. The zero-order chi connectivity index (χ0) is 63.7. The van der Waals surface area contributed by atoms with Gasteiger partial charge in [-0.2, -0.15) is 0 Å². The molecular formula is C65H95N13O9. The average molecular weight is 1200 g/mol. The van der Waals surface area contributed by atoms with Crippen LogP contribution in [-0.4, -0.2) is 127 Å². The van der Waals surface area contributed by atoms with Crippen LogP contribution in [0.2, 0.25) is 0 Å². The summed E-state index contributed by atoms with van der Waals surface area (Å²) < 4.78 is 0. The zero-order valence-corrected chi connectivity index (χ0v) is 51.0. The molecule has 0 saturated heterocycles. The van der Waals surface area contributed by atoms with Gasteiger partial charge in [-0.25, -0.2) is 0 Å². The summed E-state index contributed by atoms with van der Waals surface area (Å²) in [5.41, 5.74) is 33.5. The summed E-state index contributed by atoms with van der Waals surface area (Å²) in [6.07, 6.45) is 3.30. The molecule has 0 aliphatic heterocycles. The molecule has 0 aliphatic rings. The number of amides is 9. The van der Waals surface area contributed by atoms with Crippen LogP contribution in [0.3, 0.4) is 0 Å². The smallest absolute Gasteiger partial charge is 0.243 e. The minimum absolute atomic E-state index is 0.0661. The first kappa shape index (κ1) is 71.4. The molecule has 0 aromatic heterocycles. The zero-order valence-electron chi connectivity index (χ0n) is 51.0. The van der Waals surface area contributed by atoms with Gasteiger partial charge in [0, 0.05) is 13.0 Å². The third kappa shape index (κ3) is 27.0. The summed E-state index contributed by atoms with van der Waals surface area (Å²) in [6, 6.07) is 27.4. The Balaban J connectivity index is 1.37. The fourth-order valence-corrected chi connectivity index (χ4v) is 9.81. The third-order valence-electron chi connectivity index (χ3n) is 14.6. The highest BCUT2D eigenvalue weighted by atomic mass is 16.2. The number of carbonyl (C=O) groups excluding carboxylic acids is 9. The van der Waals surface area contributed by atoms with E-state index in [-0.39, 0.29) is 89.3 Å². The molecule has 0 fully saturated rings. The number of nitrogens with two attached hydrogens (primary N) is 5. The Kier molecular flexibility index (Phi) is 31.9. The van der Waals surface area contributed by atoms with Gasteiger partial charge < -0.3 is 71.2 Å². The lowest BCUT2D eigenvalue weighted by Crippen LogP contribution is -2.59. The second-order valence-electron chi connectivity index (χ2n) is 23.0. The SMILES string of the molecule is CC(C)C[C@@H](NC(=O)[C@@H](CCc1ccccc1)NC(=O)[C@H](N)Cc1ccccc1)C(=O)N[C@H](CCCN)C(=O)NCCCC[C@H](NC(=O)[C@@H](CCCN)NC(=O)[C@@H](CC(C)C)NC(=O)[C@@H](Cc1ccccc1)NC(=O)[C@H](N)Cc1ccccc1)C(N)=O. The van der Waals surface area contributed by atoms with Gasteiger partial charge in [0.2, 0.25) is 53.2 Å². The Labute approximate surface area is 512 Å². The van der Waals surface area contributed by atoms with Crippen LogP contribution in [-0.2, 0) is 68.8 Å². The van der Waals surface area contributed by atoms with Crippen molar-refractivity contribution in [2.75, 3.05) is 19.6 Å². The Bertz CT molecular complexity index is 2760. The molecule has 0 spiro atoms. The maximum Gasteiger partial charge on any atom is 0.243 e. The molecule has 22 heteroatoms. The number of unbranched alkanes of at least 4 members (excludes halogenated alkanes) is 1. The van der Waals surface area contributed by atoms with Crippen LogP contribution >= 0.6 is 0 Å². The van der Waals surface area contributed by atoms with Crippen molar-refractivity contribution in [1.29, 1.82) is 0 Å². The summed E-state index contributed by atoms with van der Waals surface area (Å²) in [7, 11) is 0. The van der Waals surface area contributed by atoms with Gasteiger partial charge in [0.25, 0.3) is 0 Å². The van der Waals surface area contributed by atoms with E-state index in [0.29, 0.717) is 32.1 Å². The van der Waals surface area contributed by atoms with E-state index in [1.165, 1.54) is 0 Å². The van der Waals surface area contributed by atoms with Crippen molar-refractivity contribution in [3.8, 4) is 0 Å². The van der Waals surface area contributed by atoms with Gasteiger partial charge in [-0.15, -0.1) is 0 Å². The highest BCUT2D eigenvalue weighted by Crippen LogP contribution is 2.14. The fraction of sp³-hybridized carbons (Fsp3) is 0.492. The summed E-state index contributed by atoms with van der Waals surface area (Å²) in [5, 5.41) is 22.4. The van der Waals surface area contributed by atoms with E-state index in [2.05, 4.69) is 42.5 Å². The molecule has 4 aromatic carbocycles. The molecule has 0 heterocycles. The number of benzene rings is 4. The molecule has 474 valence electrons. The number of hydrogen-bond acceptors (Lipinski definition) is 13. The predicted molar refractivity (Wildman–Crippen MR) is 336 cm³/mol. The topological polar surface area (TPSA) is 380 Å². The lowest BCUT2D eigenvalue weighted by atomic mass is 9.99. The van der Waals surface area contributed by atoms with E-state index in [1.807, 2.05) is 137 Å². The van der Waals surface area contributed by atoms with Crippen LogP contribution < -0.4 is 71.2 Å². The second kappa shape index (κ2) is 38.9. The molecule has 0 unspecified atom stereocenters. The normalized spacial score (nSPS) is 14.3. The monoisotopic (exact) mass is 1200 g/mol. The first-order valence-corrected chi connectivity index (χ1v) is 30.4. The van der Waals surface area contributed by atoms with Crippen LogP contribution in [0.15, 0.2) is 121 Å². The molecule has 4 aromatic rings. The third-order valence-corrected chi connectivity index (χ3v) is 14.6. The van der Waals surface area contributed by atoms with Crippen molar-refractivity contribution in [3.05, 3.63) is 144 Å². The van der Waals surface area contributed by atoms with Gasteiger partial charge in [0.1, 0.15) is 42.3 Å². The van der Waals surface area contributed by atoms with Gasteiger partial charge in [-0.05, 0) is 131 Å². The molecule has 0 radical (unpaired) electrons. The Hall–Kier alpha value is -8.05. The molecule has 9 amide bonds. The van der Waals surface area contributed by atoms with Gasteiger partial charge in [0.15, 0.2) is 0 Å². The van der Waals surface area contributed by atoms with E-state index >= 15 is 0 Å². The summed E-state index contributed by atoms with van der Waals surface area (Å²) in [5.74, 6) is -5.77. The van der Waals surface area contributed by atoms with Crippen LogP contribution in [0, 0.1) is 11.8 Å². The fourth-order valence-electron chi connectivity index (χ4n) is 9.81. The number of hydrogen-bond donors (Lipinski definition) is 13. The van der Waals surface area contributed by atoms with Crippen LogP contribution in [0.25, 0.3) is 0 Å². The maximum atomic E-state index is 14.2. The van der Waals surface area contributed by atoms with E-state index < -0.39 is 108 Å². The summed E-state index contributed by atoms with van der Waals surface area (Å²) >= 11 is 0. The standard InChI is InChI=1S/C65H95N13O9/c1-42(2)37-54(77-62(84)53(33-32-44-21-9-5-10-22-44)73-58(80)48(68)39-45-23-11-6-12-24-45)63(85)74-51(30-19-34-66)60(82)71-36-18-17-29-50(57(70)79)72-61(83)52(31-20-35-67)75-64(86)55(38-43(3)4)78-65(87)56(41-47-27-15-8-16-28-47)76-59(81)49(69)40-46-25-13-7-14-26-46/h5-16,21-28,42-43,48-56H,17-20,29-41,66-69H2,1-4H3,(H2,70,79)(H,71,82)(H,72,83)(H,73,80)(H,74,85)(H,75,86)(H,76,81)(H,77,84)(H,78,87)/t48-,49-,50+,51-,52-,53-,54-,55-,56-/m1/s1. The van der Waals surface area contributed by atoms with Gasteiger partial charge >= 0.3 is 0 Å². The number of nitrogens with one attached hydrogen (secondary N) is 8. The van der Waals surface area contributed by atoms with Gasteiger partial charge in [-0.3, -0.25) is 43.2 Å². The van der Waals surface area contributed by atoms with Crippen LogP contribution in [0.4, 0.5) is 0 Å². The lowest BCUT2D eigenvalue weighted by molar-refractivity contribution is -0.134. The van der Waals surface area contributed by atoms with E-state index in [0.717, 1.165) is 22.3 Å². The largest absolute Gasteiger partial charge is 0.368 e. The van der Waals surface area contributed by atoms with Crippen LogP contribution in [0.5, 0.6) is 0 Å². The molecule has 18 N–H and O–H groups in total. The Morgan fingerprint density at radius 3 is 1.09 bits per heavy atom. The second-order valence-corrected chi connectivity index (χ2v) is 23.0. The molecule has 9 atom stereocenters. The molecule has 87 heavy (non-hydrogen) atoms. The van der Waals surface area contributed by atoms with Gasteiger partial charge in [0.05, 0.1) is 12.1 Å². The molecule has 0 saturated carbocycles. The quantitative estimate of drug-likeness (QED) is 0.0283. The Morgan fingerprint density at radius 1 is 0.356 bits per heavy atom. The van der Waals surface area contributed by atoms with Crippen LogP contribution in [0.1, 0.15) is 114 Å². The van der Waals surface area contributed by atoms with E-state index in [9.17, 15) is 43.2 Å². The number of carbonyl (C=O) groups is 9. The summed E-state index contributed by atoms with van der Waals surface area (Å²) in [4.78, 5) is 124. The predicted octanol–water partition coefficient (Wildman–Crippen LogP) is 1.74. The number of rotatable bonds is 40.